The van der Waals surface area contributed by atoms with E-state index in [-0.39, 0.29) is 12.1 Å². The molecule has 0 saturated heterocycles. The van der Waals surface area contributed by atoms with Crippen molar-refractivity contribution in [2.45, 2.75) is 31.4 Å². The molecule has 1 fully saturated rings. The summed E-state index contributed by atoms with van der Waals surface area (Å²) in [5.74, 6) is 0. The second kappa shape index (κ2) is 4.66. The van der Waals surface area contributed by atoms with Crippen LogP contribution in [0.15, 0.2) is 10.7 Å². The van der Waals surface area contributed by atoms with Crippen LogP contribution in [0.1, 0.15) is 25.0 Å². The molecule has 0 atom stereocenters. The summed E-state index contributed by atoms with van der Waals surface area (Å²) >= 11 is 0. The highest BCUT2D eigenvalue weighted by Crippen LogP contribution is 2.37. The molecule has 2 rings (SSSR count). The third-order valence-electron chi connectivity index (χ3n) is 3.79. The van der Waals surface area contributed by atoms with Gasteiger partial charge in [-0.3, -0.25) is 0 Å². The summed E-state index contributed by atoms with van der Waals surface area (Å²) in [4.78, 5) is 8.54. The Balaban J connectivity index is 2.03. The van der Waals surface area contributed by atoms with Crippen molar-refractivity contribution in [3.05, 3.63) is 12.0 Å². The lowest BCUT2D eigenvalue weighted by Crippen LogP contribution is -2.56. The van der Waals surface area contributed by atoms with Crippen LogP contribution in [0.5, 0.6) is 0 Å². The van der Waals surface area contributed by atoms with Crippen LogP contribution in [0.4, 0.5) is 6.01 Å². The summed E-state index contributed by atoms with van der Waals surface area (Å²) in [7, 11) is 6.24. The van der Waals surface area contributed by atoms with Crippen molar-refractivity contribution in [3.63, 3.8) is 0 Å². The van der Waals surface area contributed by atoms with Crippen LogP contribution in [-0.2, 0) is 6.61 Å². The Morgan fingerprint density at radius 1 is 1.41 bits per heavy atom. The second-order valence-electron chi connectivity index (χ2n) is 5.11. The number of aliphatic hydroxyl groups is 1. The van der Waals surface area contributed by atoms with Gasteiger partial charge < -0.3 is 19.3 Å². The Hall–Kier alpha value is -1.07. The zero-order valence-corrected chi connectivity index (χ0v) is 10.8. The Labute approximate surface area is 102 Å². The van der Waals surface area contributed by atoms with Crippen LogP contribution >= 0.6 is 0 Å². The minimum Gasteiger partial charge on any atom is -0.432 e. The van der Waals surface area contributed by atoms with Gasteiger partial charge in [0.25, 0.3) is 6.01 Å². The van der Waals surface area contributed by atoms with Crippen molar-refractivity contribution in [1.82, 2.24) is 9.88 Å². The van der Waals surface area contributed by atoms with Gasteiger partial charge in [-0.1, -0.05) is 0 Å². The molecule has 0 spiro atoms. The van der Waals surface area contributed by atoms with Crippen molar-refractivity contribution in [2.75, 3.05) is 32.6 Å². The van der Waals surface area contributed by atoms with E-state index in [4.69, 9.17) is 9.52 Å². The summed E-state index contributed by atoms with van der Waals surface area (Å²) in [5.41, 5.74) is 0.835. The lowest BCUT2D eigenvalue weighted by Gasteiger charge is -2.48. The summed E-state index contributed by atoms with van der Waals surface area (Å²) in [6, 6.07) is 0.585. The number of aliphatic hydroxyl groups excluding tert-OH is 1. The van der Waals surface area contributed by atoms with E-state index in [9.17, 15) is 0 Å². The van der Waals surface area contributed by atoms with E-state index in [1.165, 1.54) is 25.5 Å². The van der Waals surface area contributed by atoms with Gasteiger partial charge in [0.1, 0.15) is 12.0 Å². The van der Waals surface area contributed by atoms with E-state index in [2.05, 4.69) is 24.0 Å². The number of rotatable bonds is 5. The highest BCUT2D eigenvalue weighted by molar-refractivity contribution is 5.27. The number of oxazole rings is 1. The topological polar surface area (TPSA) is 52.7 Å². The fourth-order valence-electron chi connectivity index (χ4n) is 2.38. The largest absolute Gasteiger partial charge is 0.432 e. The molecule has 1 aromatic heterocycles. The smallest absolute Gasteiger partial charge is 0.297 e. The molecule has 5 nitrogen and oxygen atoms in total. The maximum absolute atomic E-state index is 8.96. The summed E-state index contributed by atoms with van der Waals surface area (Å²) in [5, 5.41) is 8.96. The minimum atomic E-state index is -0.0733. The second-order valence-corrected chi connectivity index (χ2v) is 5.11. The molecule has 17 heavy (non-hydrogen) atoms. The van der Waals surface area contributed by atoms with Gasteiger partial charge in [-0.25, -0.2) is 0 Å². The molecule has 96 valence electrons. The van der Waals surface area contributed by atoms with Gasteiger partial charge in [-0.2, -0.15) is 4.98 Å². The summed E-state index contributed by atoms with van der Waals surface area (Å²) in [6.45, 7) is 0.835. The summed E-state index contributed by atoms with van der Waals surface area (Å²) in [6.07, 6.45) is 5.24. The van der Waals surface area contributed by atoms with E-state index < -0.39 is 0 Å². The Bertz CT molecular complexity index is 372. The van der Waals surface area contributed by atoms with E-state index in [0.29, 0.717) is 11.7 Å². The lowest BCUT2D eigenvalue weighted by molar-refractivity contribution is 0.0673. The average molecular weight is 239 g/mol. The molecule has 1 aliphatic rings. The zero-order chi connectivity index (χ0) is 12.5. The molecule has 1 heterocycles. The zero-order valence-electron chi connectivity index (χ0n) is 10.8. The molecule has 0 aliphatic heterocycles. The van der Waals surface area contributed by atoms with Crippen molar-refractivity contribution < 1.29 is 9.52 Å². The van der Waals surface area contributed by atoms with Gasteiger partial charge in [-0.05, 0) is 33.4 Å². The Kier molecular flexibility index (Phi) is 3.40. The van der Waals surface area contributed by atoms with Crippen LogP contribution in [0.25, 0.3) is 0 Å². The molecule has 1 aliphatic carbocycles. The van der Waals surface area contributed by atoms with E-state index in [1.54, 1.807) is 0 Å². The van der Waals surface area contributed by atoms with Gasteiger partial charge in [0, 0.05) is 19.1 Å². The first-order valence-corrected chi connectivity index (χ1v) is 6.01. The normalized spacial score (nSPS) is 18.2. The van der Waals surface area contributed by atoms with Crippen LogP contribution in [0.3, 0.4) is 0 Å². The maximum atomic E-state index is 8.96. The number of hydrogen-bond acceptors (Lipinski definition) is 5. The minimum absolute atomic E-state index is 0.0733. The van der Waals surface area contributed by atoms with E-state index in [0.717, 1.165) is 6.54 Å². The molecule has 0 aromatic carbocycles. The first kappa shape index (κ1) is 12.4. The highest BCUT2D eigenvalue weighted by Gasteiger charge is 2.40. The van der Waals surface area contributed by atoms with E-state index in [1.807, 2.05) is 11.9 Å². The van der Waals surface area contributed by atoms with Gasteiger partial charge in [0.15, 0.2) is 0 Å². The molecule has 1 saturated carbocycles. The SMILES string of the molecule is CN(CC1(N(C)C)CCC1)c1nc(CO)co1. The number of hydrogen-bond donors (Lipinski definition) is 1. The fraction of sp³-hybridized carbons (Fsp3) is 0.750. The van der Waals surface area contributed by atoms with Crippen molar-refractivity contribution in [2.24, 2.45) is 0 Å². The van der Waals surface area contributed by atoms with E-state index >= 15 is 0 Å². The maximum Gasteiger partial charge on any atom is 0.297 e. The predicted octanol–water partition coefficient (Wildman–Crippen LogP) is 1.09. The highest BCUT2D eigenvalue weighted by atomic mass is 16.4. The van der Waals surface area contributed by atoms with Gasteiger partial charge >= 0.3 is 0 Å². The Morgan fingerprint density at radius 3 is 2.53 bits per heavy atom. The number of likely N-dealkylation sites (N-methyl/N-ethyl adjacent to an activating group) is 2. The third kappa shape index (κ3) is 2.30. The molecule has 5 heteroatoms. The molecular formula is C12H21N3O2. The van der Waals surface area contributed by atoms with Crippen molar-refractivity contribution >= 4 is 6.01 Å². The molecule has 1 aromatic rings. The van der Waals surface area contributed by atoms with Crippen LogP contribution in [-0.4, -0.2) is 48.2 Å². The average Bonchev–Trinajstić information content (AvgIpc) is 2.71. The molecule has 1 N–H and O–H groups in total. The number of anilines is 1. The molecule has 0 radical (unpaired) electrons. The first-order valence-electron chi connectivity index (χ1n) is 6.01. The van der Waals surface area contributed by atoms with Gasteiger partial charge in [0.05, 0.1) is 6.61 Å². The first-order chi connectivity index (χ1) is 8.07. The van der Waals surface area contributed by atoms with Gasteiger partial charge in [-0.15, -0.1) is 0 Å². The quantitative estimate of drug-likeness (QED) is 0.833. The predicted molar refractivity (Wildman–Crippen MR) is 66.0 cm³/mol. The standard InChI is InChI=1S/C12H21N3O2/c1-14(2)12(5-4-6-12)9-15(3)11-13-10(7-16)8-17-11/h8,16H,4-7,9H2,1-3H3. The van der Waals surface area contributed by atoms with Crippen molar-refractivity contribution in [1.29, 1.82) is 0 Å². The fourth-order valence-corrected chi connectivity index (χ4v) is 2.38. The molecule has 0 amide bonds. The molecule has 0 bridgehead atoms. The van der Waals surface area contributed by atoms with Crippen molar-refractivity contribution in [3.8, 4) is 0 Å². The van der Waals surface area contributed by atoms with Crippen LogP contribution < -0.4 is 4.90 Å². The summed E-state index contributed by atoms with van der Waals surface area (Å²) < 4.78 is 5.35. The van der Waals surface area contributed by atoms with Crippen LogP contribution in [0.2, 0.25) is 0 Å². The van der Waals surface area contributed by atoms with Gasteiger partial charge in [0.2, 0.25) is 0 Å². The third-order valence-corrected chi connectivity index (χ3v) is 3.79. The Morgan fingerprint density at radius 2 is 2.12 bits per heavy atom. The molecular weight excluding hydrogens is 218 g/mol. The lowest BCUT2D eigenvalue weighted by atomic mass is 9.75. The number of nitrogens with zero attached hydrogens (tertiary/aromatic N) is 3. The number of aromatic nitrogens is 1. The molecule has 0 unspecified atom stereocenters. The monoisotopic (exact) mass is 239 g/mol. The van der Waals surface area contributed by atoms with Crippen LogP contribution in [0, 0.1) is 0 Å².